The van der Waals surface area contributed by atoms with Crippen LogP contribution in [0, 0.1) is 10.6 Å². The van der Waals surface area contributed by atoms with Gasteiger partial charge in [-0.15, -0.1) is 0 Å². The quantitative estimate of drug-likeness (QED) is 0.227. The molecule has 1 amide bonds. The number of amides is 1. The smallest absolute Gasteiger partial charge is 0.328 e. The average Bonchev–Trinajstić information content (AvgIpc) is 3.15. The van der Waals surface area contributed by atoms with Gasteiger partial charge < -0.3 is 14.8 Å². The Labute approximate surface area is 159 Å². The number of hydrogen-bond acceptors (Lipinski definition) is 5. The van der Waals surface area contributed by atoms with E-state index < -0.39 is 29.1 Å². The van der Waals surface area contributed by atoms with Crippen LogP contribution in [0.5, 0.6) is 0 Å². The molecule has 1 aliphatic rings. The van der Waals surface area contributed by atoms with E-state index in [0.717, 1.165) is 10.3 Å². The molecule has 1 aliphatic heterocycles. The summed E-state index contributed by atoms with van der Waals surface area (Å²) in [6.45, 7) is 5.99. The number of aryl methyl sites for hydroxylation is 1. The van der Waals surface area contributed by atoms with Crippen LogP contribution in [0.3, 0.4) is 0 Å². The fraction of sp³-hybridized carbons (Fsp3) is 0.600. The van der Waals surface area contributed by atoms with Crippen LogP contribution in [-0.4, -0.2) is 41.8 Å². The number of likely N-dealkylation sites (tertiary alicyclic amines) is 1. The molecule has 0 N–H and O–H groups in total. The summed E-state index contributed by atoms with van der Waals surface area (Å²) in [7, 11) is 0. The second kappa shape index (κ2) is 8.97. The minimum Gasteiger partial charge on any atom is -0.619 e. The van der Waals surface area contributed by atoms with E-state index in [1.54, 1.807) is 26.0 Å². The average molecular weight is 376 g/mol. The molecule has 7 nitrogen and oxygen atoms in total. The minimum absolute atomic E-state index is 0.234. The fourth-order valence-electron chi connectivity index (χ4n) is 2.99. The van der Waals surface area contributed by atoms with E-state index in [-0.39, 0.29) is 6.61 Å². The zero-order valence-corrected chi connectivity index (χ0v) is 16.3. The molecule has 0 radical (unpaired) electrons. The minimum atomic E-state index is -0.730. The van der Waals surface area contributed by atoms with Gasteiger partial charge in [0.2, 0.25) is 5.78 Å². The van der Waals surface area contributed by atoms with Crippen molar-refractivity contribution >= 4 is 17.7 Å². The highest BCUT2D eigenvalue weighted by molar-refractivity contribution is 6.38. The van der Waals surface area contributed by atoms with Gasteiger partial charge in [-0.05, 0) is 37.7 Å². The summed E-state index contributed by atoms with van der Waals surface area (Å²) in [6.07, 6.45) is 5.93. The normalized spacial score (nSPS) is 17.0. The van der Waals surface area contributed by atoms with Crippen molar-refractivity contribution in [3.63, 3.8) is 0 Å². The Balaban J connectivity index is 1.84. The number of pyridine rings is 1. The summed E-state index contributed by atoms with van der Waals surface area (Å²) in [5.41, 5.74) is 0.259. The largest absolute Gasteiger partial charge is 0.619 e. The number of carbonyl (C=O) groups is 3. The van der Waals surface area contributed by atoms with Crippen LogP contribution in [0.1, 0.15) is 52.0 Å². The number of Topliss-reactive ketones (excluding diaryl/α,β-unsaturated/α-hetero) is 1. The molecule has 2 heterocycles. The van der Waals surface area contributed by atoms with Crippen LogP contribution in [-0.2, 0) is 25.5 Å². The van der Waals surface area contributed by atoms with Gasteiger partial charge in [0.1, 0.15) is 6.04 Å². The number of esters is 1. The van der Waals surface area contributed by atoms with Crippen molar-refractivity contribution in [3.8, 4) is 0 Å². The number of nitrogens with zero attached hydrogens (tertiary/aromatic N) is 2. The Morgan fingerprint density at radius 1 is 1.30 bits per heavy atom. The van der Waals surface area contributed by atoms with Crippen LogP contribution >= 0.6 is 0 Å². The van der Waals surface area contributed by atoms with Crippen molar-refractivity contribution in [2.24, 2.45) is 5.41 Å². The Morgan fingerprint density at radius 2 is 1.96 bits per heavy atom. The lowest BCUT2D eigenvalue weighted by Gasteiger charge is -2.27. The van der Waals surface area contributed by atoms with Crippen LogP contribution in [0.4, 0.5) is 0 Å². The summed E-state index contributed by atoms with van der Waals surface area (Å²) in [6, 6.07) is 2.78. The Bertz CT molecular complexity index is 684. The van der Waals surface area contributed by atoms with Gasteiger partial charge in [-0.2, -0.15) is 4.73 Å². The molecule has 1 atom stereocenters. The van der Waals surface area contributed by atoms with Crippen molar-refractivity contribution < 1.29 is 23.9 Å². The van der Waals surface area contributed by atoms with Gasteiger partial charge in [-0.3, -0.25) is 9.59 Å². The molecule has 7 heteroatoms. The molecule has 0 spiro atoms. The maximum atomic E-state index is 12.5. The summed E-state index contributed by atoms with van der Waals surface area (Å²) in [5, 5.41) is 11.0. The number of aromatic nitrogens is 1. The third-order valence-electron chi connectivity index (χ3n) is 5.20. The number of hydrogen-bond donors (Lipinski definition) is 0. The third kappa shape index (κ3) is 5.28. The molecule has 148 valence electrons. The molecule has 1 fully saturated rings. The van der Waals surface area contributed by atoms with Gasteiger partial charge in [-0.1, -0.05) is 20.8 Å². The lowest BCUT2D eigenvalue weighted by molar-refractivity contribution is -0.605. The molecule has 27 heavy (non-hydrogen) atoms. The first kappa shape index (κ1) is 20.9. The van der Waals surface area contributed by atoms with E-state index >= 15 is 0 Å². The van der Waals surface area contributed by atoms with E-state index in [1.165, 1.54) is 17.3 Å². The first-order valence-corrected chi connectivity index (χ1v) is 9.46. The summed E-state index contributed by atoms with van der Waals surface area (Å²) in [4.78, 5) is 38.7. The summed E-state index contributed by atoms with van der Waals surface area (Å²) >= 11 is 0. The highest BCUT2D eigenvalue weighted by Crippen LogP contribution is 2.26. The Hall–Kier alpha value is -2.44. The maximum absolute atomic E-state index is 12.5. The number of carbonyl (C=O) groups excluding carboxylic acids is 3. The molecule has 1 saturated heterocycles. The lowest BCUT2D eigenvalue weighted by Crippen LogP contribution is -2.48. The van der Waals surface area contributed by atoms with E-state index in [0.29, 0.717) is 38.6 Å². The van der Waals surface area contributed by atoms with Crippen LogP contribution in [0.25, 0.3) is 0 Å². The van der Waals surface area contributed by atoms with Crippen LogP contribution in [0.15, 0.2) is 24.5 Å². The van der Waals surface area contributed by atoms with E-state index in [9.17, 15) is 19.6 Å². The maximum Gasteiger partial charge on any atom is 0.328 e. The predicted octanol–water partition coefficient (Wildman–Crippen LogP) is 1.79. The fourth-order valence-corrected chi connectivity index (χ4v) is 2.99. The molecule has 2 rings (SSSR count). The summed E-state index contributed by atoms with van der Waals surface area (Å²) < 4.78 is 6.05. The van der Waals surface area contributed by atoms with Crippen molar-refractivity contribution in [3.05, 3.63) is 35.3 Å². The lowest BCUT2D eigenvalue weighted by atomic mass is 9.84. The SMILES string of the molecule is CCC(C)(C)C(=O)C(=O)N1CCCC1C(=O)OCCCc1cc[n+]([O-])cc1. The van der Waals surface area contributed by atoms with Gasteiger partial charge in [0, 0.05) is 24.1 Å². The Morgan fingerprint density at radius 3 is 2.59 bits per heavy atom. The molecule has 1 aromatic rings. The highest BCUT2D eigenvalue weighted by Gasteiger charge is 2.41. The van der Waals surface area contributed by atoms with Gasteiger partial charge in [0.15, 0.2) is 12.4 Å². The Kier molecular flexibility index (Phi) is 6.93. The van der Waals surface area contributed by atoms with E-state index in [4.69, 9.17) is 4.74 Å². The third-order valence-corrected chi connectivity index (χ3v) is 5.20. The summed E-state index contributed by atoms with van der Waals surface area (Å²) in [5.74, 6) is -1.49. The number of ketones is 1. The number of ether oxygens (including phenoxy) is 1. The topological polar surface area (TPSA) is 90.6 Å². The van der Waals surface area contributed by atoms with Crippen LogP contribution in [0.2, 0.25) is 0 Å². The molecule has 1 unspecified atom stereocenters. The molecule has 0 bridgehead atoms. The zero-order chi connectivity index (χ0) is 20.0. The molecule has 0 saturated carbocycles. The van der Waals surface area contributed by atoms with Gasteiger partial charge >= 0.3 is 5.97 Å². The second-order valence-electron chi connectivity index (χ2n) is 7.56. The van der Waals surface area contributed by atoms with Gasteiger partial charge in [0.25, 0.3) is 5.91 Å². The molecule has 1 aromatic heterocycles. The highest BCUT2D eigenvalue weighted by atomic mass is 16.5. The van der Waals surface area contributed by atoms with Crippen LogP contribution < -0.4 is 4.73 Å². The molecule has 0 aliphatic carbocycles. The standard InChI is InChI=1S/C20H28N2O5/c1-4-20(2,3)17(23)18(24)22-11-5-8-16(22)19(25)27-14-6-7-15-9-12-21(26)13-10-15/h9-10,12-13,16H,4-8,11,14H2,1-3H3. The molecule has 0 aromatic carbocycles. The molecular formula is C20H28N2O5. The molecular weight excluding hydrogens is 348 g/mol. The van der Waals surface area contributed by atoms with Crippen molar-refractivity contribution in [1.82, 2.24) is 4.90 Å². The van der Waals surface area contributed by atoms with Crippen molar-refractivity contribution in [1.29, 1.82) is 0 Å². The second-order valence-corrected chi connectivity index (χ2v) is 7.56. The van der Waals surface area contributed by atoms with Crippen molar-refractivity contribution in [2.75, 3.05) is 13.2 Å². The van der Waals surface area contributed by atoms with E-state index in [2.05, 4.69) is 0 Å². The number of rotatable bonds is 8. The first-order chi connectivity index (χ1) is 12.8. The predicted molar refractivity (Wildman–Crippen MR) is 98.5 cm³/mol. The monoisotopic (exact) mass is 376 g/mol. The first-order valence-electron chi connectivity index (χ1n) is 9.46. The van der Waals surface area contributed by atoms with Crippen molar-refractivity contribution in [2.45, 2.75) is 58.9 Å². The zero-order valence-electron chi connectivity index (χ0n) is 16.3. The van der Waals surface area contributed by atoms with E-state index in [1.807, 2.05) is 6.92 Å². The van der Waals surface area contributed by atoms with Gasteiger partial charge in [0.05, 0.1) is 6.61 Å². The van der Waals surface area contributed by atoms with Gasteiger partial charge in [-0.25, -0.2) is 4.79 Å².